The molecular formula is C13H18FN3O2. The molecule has 0 heterocycles. The van der Waals surface area contributed by atoms with Gasteiger partial charge in [-0.05, 0) is 25.1 Å². The van der Waals surface area contributed by atoms with E-state index in [0.717, 1.165) is 6.07 Å². The fourth-order valence-corrected chi connectivity index (χ4v) is 1.53. The highest BCUT2D eigenvalue weighted by Gasteiger charge is 2.20. The van der Waals surface area contributed by atoms with Crippen molar-refractivity contribution in [2.24, 2.45) is 0 Å². The van der Waals surface area contributed by atoms with Gasteiger partial charge in [-0.3, -0.25) is 9.59 Å². The number of nitrogens with two attached hydrogens (primary N) is 1. The van der Waals surface area contributed by atoms with Crippen LogP contribution in [0.4, 0.5) is 10.1 Å². The molecule has 2 N–H and O–H groups in total. The number of benzene rings is 1. The van der Waals surface area contributed by atoms with Crippen LogP contribution in [0, 0.1) is 5.82 Å². The molecule has 0 aliphatic carbocycles. The molecule has 0 aromatic heterocycles. The number of nitrogens with zero attached hydrogens (tertiary/aromatic N) is 2. The number of carbonyl (C=O) groups excluding carboxylic acids is 2. The molecule has 0 bridgehead atoms. The third kappa shape index (κ3) is 3.67. The van der Waals surface area contributed by atoms with Crippen molar-refractivity contribution in [1.82, 2.24) is 9.80 Å². The van der Waals surface area contributed by atoms with E-state index in [1.807, 2.05) is 0 Å². The molecule has 2 amide bonds. The summed E-state index contributed by atoms with van der Waals surface area (Å²) >= 11 is 0. The first-order valence-electron chi connectivity index (χ1n) is 5.91. The molecule has 1 aromatic rings. The van der Waals surface area contributed by atoms with Crippen LogP contribution in [-0.2, 0) is 4.79 Å². The minimum Gasteiger partial charge on any atom is -0.398 e. The summed E-state index contributed by atoms with van der Waals surface area (Å²) in [7, 11) is 3.24. The monoisotopic (exact) mass is 267 g/mol. The normalized spacial score (nSPS) is 10.1. The number of hydrogen-bond donors (Lipinski definition) is 1. The van der Waals surface area contributed by atoms with E-state index in [1.54, 1.807) is 21.0 Å². The number of hydrogen-bond acceptors (Lipinski definition) is 3. The Hall–Kier alpha value is -2.11. The van der Waals surface area contributed by atoms with Crippen LogP contribution in [0.15, 0.2) is 18.2 Å². The molecule has 6 heteroatoms. The third-order valence-electron chi connectivity index (χ3n) is 2.74. The first kappa shape index (κ1) is 14.9. The zero-order valence-corrected chi connectivity index (χ0v) is 11.3. The van der Waals surface area contributed by atoms with Gasteiger partial charge in [-0.15, -0.1) is 0 Å². The van der Waals surface area contributed by atoms with Gasteiger partial charge in [0.15, 0.2) is 0 Å². The topological polar surface area (TPSA) is 66.6 Å². The van der Waals surface area contributed by atoms with Crippen LogP contribution in [-0.4, -0.2) is 48.8 Å². The predicted molar refractivity (Wildman–Crippen MR) is 71.1 cm³/mol. The minimum absolute atomic E-state index is 0.0286. The third-order valence-corrected chi connectivity index (χ3v) is 2.74. The Morgan fingerprint density at radius 1 is 1.32 bits per heavy atom. The number of nitrogen functional groups attached to an aromatic ring is 1. The lowest BCUT2D eigenvalue weighted by Crippen LogP contribution is -2.40. The lowest BCUT2D eigenvalue weighted by molar-refractivity contribution is -0.129. The maximum Gasteiger partial charge on any atom is 0.256 e. The standard InChI is InChI=1S/C13H18FN3O2/c1-4-17(8-12(18)16(2)3)13(19)10-6-5-9(14)7-11(10)15/h5-7H,4,8,15H2,1-3H3. The number of rotatable bonds is 4. The molecule has 0 saturated carbocycles. The van der Waals surface area contributed by atoms with Crippen LogP contribution in [0.3, 0.4) is 0 Å². The van der Waals surface area contributed by atoms with Gasteiger partial charge >= 0.3 is 0 Å². The Morgan fingerprint density at radius 3 is 2.42 bits per heavy atom. The number of likely N-dealkylation sites (N-methyl/N-ethyl adjacent to an activating group) is 2. The molecule has 0 saturated heterocycles. The van der Waals surface area contributed by atoms with E-state index in [1.165, 1.54) is 21.9 Å². The summed E-state index contributed by atoms with van der Waals surface area (Å²) in [6, 6.07) is 3.59. The van der Waals surface area contributed by atoms with Gasteiger partial charge in [0.1, 0.15) is 5.82 Å². The molecule has 104 valence electrons. The van der Waals surface area contributed by atoms with E-state index < -0.39 is 5.82 Å². The van der Waals surface area contributed by atoms with Gasteiger partial charge in [-0.25, -0.2) is 4.39 Å². The van der Waals surface area contributed by atoms with Crippen molar-refractivity contribution < 1.29 is 14.0 Å². The predicted octanol–water partition coefficient (Wildman–Crippen LogP) is 0.958. The van der Waals surface area contributed by atoms with Crippen molar-refractivity contribution in [3.05, 3.63) is 29.6 Å². The molecule has 0 fully saturated rings. The molecule has 1 aromatic carbocycles. The van der Waals surface area contributed by atoms with Crippen LogP contribution in [0.2, 0.25) is 0 Å². The Labute approximate surface area is 111 Å². The molecule has 0 aliphatic rings. The van der Waals surface area contributed by atoms with Crippen LogP contribution in [0.1, 0.15) is 17.3 Å². The summed E-state index contributed by atoms with van der Waals surface area (Å²) < 4.78 is 12.9. The van der Waals surface area contributed by atoms with Crippen molar-refractivity contribution in [2.75, 3.05) is 32.9 Å². The molecule has 5 nitrogen and oxygen atoms in total. The van der Waals surface area contributed by atoms with Crippen LogP contribution < -0.4 is 5.73 Å². The van der Waals surface area contributed by atoms with E-state index in [2.05, 4.69) is 0 Å². The van der Waals surface area contributed by atoms with Gasteiger partial charge in [-0.1, -0.05) is 0 Å². The van der Waals surface area contributed by atoms with Gasteiger partial charge < -0.3 is 15.5 Å². The maximum absolute atomic E-state index is 12.9. The van der Waals surface area contributed by atoms with Gasteiger partial charge in [0.05, 0.1) is 12.1 Å². The second kappa shape index (κ2) is 6.17. The lowest BCUT2D eigenvalue weighted by Gasteiger charge is -2.22. The first-order valence-corrected chi connectivity index (χ1v) is 5.91. The maximum atomic E-state index is 12.9. The Kier molecular flexibility index (Phi) is 4.86. The second-order valence-corrected chi connectivity index (χ2v) is 4.34. The molecule has 0 radical (unpaired) electrons. The van der Waals surface area contributed by atoms with Crippen molar-refractivity contribution in [3.63, 3.8) is 0 Å². The Balaban J connectivity index is 2.92. The zero-order chi connectivity index (χ0) is 14.6. The molecule has 0 unspecified atom stereocenters. The summed E-state index contributed by atoms with van der Waals surface area (Å²) in [5.41, 5.74) is 5.90. The highest BCUT2D eigenvalue weighted by molar-refractivity contribution is 6.00. The van der Waals surface area contributed by atoms with Crippen LogP contribution in [0.5, 0.6) is 0 Å². The molecule has 0 spiro atoms. The van der Waals surface area contributed by atoms with E-state index in [0.29, 0.717) is 6.54 Å². The van der Waals surface area contributed by atoms with E-state index in [4.69, 9.17) is 5.73 Å². The fourth-order valence-electron chi connectivity index (χ4n) is 1.53. The summed E-state index contributed by atoms with van der Waals surface area (Å²) in [5.74, 6) is -1.06. The van der Waals surface area contributed by atoms with E-state index in [9.17, 15) is 14.0 Å². The second-order valence-electron chi connectivity index (χ2n) is 4.34. The van der Waals surface area contributed by atoms with E-state index in [-0.39, 0.29) is 29.6 Å². The Morgan fingerprint density at radius 2 is 1.95 bits per heavy atom. The summed E-state index contributed by atoms with van der Waals surface area (Å²) in [5, 5.41) is 0. The highest BCUT2D eigenvalue weighted by atomic mass is 19.1. The fraction of sp³-hybridized carbons (Fsp3) is 0.385. The van der Waals surface area contributed by atoms with Gasteiger partial charge in [0.25, 0.3) is 5.91 Å². The molecule has 19 heavy (non-hydrogen) atoms. The molecule has 1 rings (SSSR count). The summed E-state index contributed by atoms with van der Waals surface area (Å²) in [6.45, 7) is 2.11. The smallest absolute Gasteiger partial charge is 0.256 e. The highest BCUT2D eigenvalue weighted by Crippen LogP contribution is 2.15. The first-order chi connectivity index (χ1) is 8.86. The van der Waals surface area contributed by atoms with Gasteiger partial charge in [-0.2, -0.15) is 0 Å². The quantitative estimate of drug-likeness (QED) is 0.826. The van der Waals surface area contributed by atoms with Crippen LogP contribution >= 0.6 is 0 Å². The number of amides is 2. The zero-order valence-electron chi connectivity index (χ0n) is 11.3. The average molecular weight is 267 g/mol. The van der Waals surface area contributed by atoms with Crippen LogP contribution in [0.25, 0.3) is 0 Å². The SMILES string of the molecule is CCN(CC(=O)N(C)C)C(=O)c1ccc(F)cc1N. The van der Waals surface area contributed by atoms with Crippen molar-refractivity contribution in [3.8, 4) is 0 Å². The Bertz CT molecular complexity index is 489. The number of anilines is 1. The number of carbonyl (C=O) groups is 2. The minimum atomic E-state index is -0.499. The van der Waals surface area contributed by atoms with Gasteiger partial charge in [0.2, 0.25) is 5.91 Å². The molecule has 0 atom stereocenters. The molecule has 0 aliphatic heterocycles. The number of halogens is 1. The van der Waals surface area contributed by atoms with Gasteiger partial charge in [0, 0.05) is 26.3 Å². The summed E-state index contributed by atoms with van der Waals surface area (Å²) in [4.78, 5) is 26.6. The van der Waals surface area contributed by atoms with Crippen molar-refractivity contribution >= 4 is 17.5 Å². The summed E-state index contributed by atoms with van der Waals surface area (Å²) in [6.07, 6.45) is 0. The van der Waals surface area contributed by atoms with E-state index >= 15 is 0 Å². The molecular weight excluding hydrogens is 249 g/mol. The average Bonchev–Trinajstić information content (AvgIpc) is 2.34. The largest absolute Gasteiger partial charge is 0.398 e. The van der Waals surface area contributed by atoms with Crippen molar-refractivity contribution in [2.45, 2.75) is 6.92 Å². The van der Waals surface area contributed by atoms with Crippen molar-refractivity contribution in [1.29, 1.82) is 0 Å². The lowest BCUT2D eigenvalue weighted by atomic mass is 10.1.